The zero-order chi connectivity index (χ0) is 23.8. The van der Waals surface area contributed by atoms with E-state index in [0.29, 0.717) is 5.92 Å². The van der Waals surface area contributed by atoms with Gasteiger partial charge in [-0.2, -0.15) is 0 Å². The van der Waals surface area contributed by atoms with Crippen molar-refractivity contribution in [1.82, 2.24) is 25.3 Å². The number of fused-ring (bicyclic) bond motifs is 1. The summed E-state index contributed by atoms with van der Waals surface area (Å²) < 4.78 is 5.49. The average molecular weight is 469 g/mol. The van der Waals surface area contributed by atoms with Gasteiger partial charge in [-0.25, -0.2) is 4.98 Å². The maximum Gasteiger partial charge on any atom is 0.309 e. The molecule has 2 aliphatic rings. The minimum Gasteiger partial charge on any atom is -0.459 e. The van der Waals surface area contributed by atoms with E-state index >= 15 is 0 Å². The number of aryl methyl sites for hydroxylation is 1. The van der Waals surface area contributed by atoms with E-state index in [2.05, 4.69) is 42.7 Å². The molecular formula is C27H28N6O2. The second kappa shape index (κ2) is 9.11. The summed E-state index contributed by atoms with van der Waals surface area (Å²) in [4.78, 5) is 29.3. The Morgan fingerprint density at radius 3 is 2.83 bits per heavy atom. The SMILES string of the molecule is Cc1cccc(-c2[nH]cnc2-c2ccc3ncc(NC[C@H]4C[C@H](C(=O)OC5CNC5)C4)cc3c2)n1. The molecule has 0 amide bonds. The highest BCUT2D eigenvalue weighted by atomic mass is 16.5. The zero-order valence-corrected chi connectivity index (χ0v) is 19.6. The summed E-state index contributed by atoms with van der Waals surface area (Å²) in [5.41, 5.74) is 6.53. The van der Waals surface area contributed by atoms with Crippen molar-refractivity contribution in [3.05, 3.63) is 60.7 Å². The van der Waals surface area contributed by atoms with Gasteiger partial charge in [0.15, 0.2) is 0 Å². The van der Waals surface area contributed by atoms with Crippen LogP contribution in [0.4, 0.5) is 5.69 Å². The number of nitrogens with one attached hydrogen (secondary N) is 3. The van der Waals surface area contributed by atoms with Crippen molar-refractivity contribution < 1.29 is 9.53 Å². The molecule has 8 heteroatoms. The predicted molar refractivity (Wildman–Crippen MR) is 135 cm³/mol. The number of pyridine rings is 2. The van der Waals surface area contributed by atoms with Gasteiger partial charge in [0.1, 0.15) is 6.10 Å². The van der Waals surface area contributed by atoms with Gasteiger partial charge in [-0.15, -0.1) is 0 Å². The summed E-state index contributed by atoms with van der Waals surface area (Å²) in [6.07, 6.45) is 5.41. The second-order valence-electron chi connectivity index (χ2n) is 9.55. The van der Waals surface area contributed by atoms with Gasteiger partial charge in [-0.05, 0) is 56.0 Å². The summed E-state index contributed by atoms with van der Waals surface area (Å²) in [5.74, 6) is 0.486. The molecule has 0 radical (unpaired) electrons. The van der Waals surface area contributed by atoms with Crippen molar-refractivity contribution in [1.29, 1.82) is 0 Å². The number of esters is 1. The first-order valence-corrected chi connectivity index (χ1v) is 12.1. The number of hydrogen-bond donors (Lipinski definition) is 3. The van der Waals surface area contributed by atoms with Gasteiger partial charge in [-0.3, -0.25) is 14.8 Å². The topological polar surface area (TPSA) is 105 Å². The molecule has 178 valence electrons. The Balaban J connectivity index is 1.13. The van der Waals surface area contributed by atoms with Gasteiger partial charge in [0.05, 0.1) is 46.7 Å². The summed E-state index contributed by atoms with van der Waals surface area (Å²) in [5, 5.41) is 7.67. The van der Waals surface area contributed by atoms with Crippen LogP contribution in [0.3, 0.4) is 0 Å². The molecule has 4 aromatic rings. The smallest absolute Gasteiger partial charge is 0.309 e. The minimum atomic E-state index is -0.0359. The lowest BCUT2D eigenvalue weighted by molar-refractivity contribution is -0.161. The molecule has 1 saturated carbocycles. The molecule has 0 atom stereocenters. The van der Waals surface area contributed by atoms with Crippen molar-refractivity contribution >= 4 is 22.6 Å². The van der Waals surface area contributed by atoms with Gasteiger partial charge in [0.25, 0.3) is 0 Å². The van der Waals surface area contributed by atoms with Gasteiger partial charge in [0, 0.05) is 36.3 Å². The van der Waals surface area contributed by atoms with E-state index in [1.54, 1.807) is 6.33 Å². The quantitative estimate of drug-likeness (QED) is 0.353. The summed E-state index contributed by atoms with van der Waals surface area (Å²) >= 11 is 0. The molecule has 0 bridgehead atoms. The third kappa shape index (κ3) is 4.49. The number of H-pyrrole nitrogens is 1. The van der Waals surface area contributed by atoms with Crippen LogP contribution in [0.5, 0.6) is 0 Å². The second-order valence-corrected chi connectivity index (χ2v) is 9.55. The Kier molecular flexibility index (Phi) is 5.66. The number of ether oxygens (including phenoxy) is 1. The van der Waals surface area contributed by atoms with Crippen molar-refractivity contribution in [2.24, 2.45) is 11.8 Å². The molecule has 35 heavy (non-hydrogen) atoms. The Labute approximate surface area is 203 Å². The zero-order valence-electron chi connectivity index (χ0n) is 19.6. The normalized spacial score (nSPS) is 19.7. The number of hydrogen-bond acceptors (Lipinski definition) is 7. The van der Waals surface area contributed by atoms with E-state index in [9.17, 15) is 4.79 Å². The Morgan fingerprint density at radius 2 is 2.03 bits per heavy atom. The fourth-order valence-corrected chi connectivity index (χ4v) is 4.73. The molecule has 3 aromatic heterocycles. The van der Waals surface area contributed by atoms with Gasteiger partial charge >= 0.3 is 5.97 Å². The first kappa shape index (κ1) is 21.7. The van der Waals surface area contributed by atoms with Crippen LogP contribution in [-0.2, 0) is 9.53 Å². The number of aromatic nitrogens is 4. The standard InChI is InChI=1S/C27H28N6O2/c1-16-3-2-4-24(33-16)26-25(31-15-32-26)18-5-6-23-19(9-18)10-21(12-30-23)29-11-17-7-20(8-17)27(34)35-22-13-28-14-22/h2-6,9-10,12,15,17,20,22,28-29H,7-8,11,13-14H2,1H3,(H,31,32)/t17-,20-. The molecule has 1 aromatic carbocycles. The van der Waals surface area contributed by atoms with Crippen molar-refractivity contribution in [3.63, 3.8) is 0 Å². The highest BCUT2D eigenvalue weighted by molar-refractivity contribution is 5.88. The maximum atomic E-state index is 12.2. The lowest BCUT2D eigenvalue weighted by Crippen LogP contribution is -2.50. The Hall–Kier alpha value is -3.78. The highest BCUT2D eigenvalue weighted by Crippen LogP contribution is 2.35. The largest absolute Gasteiger partial charge is 0.459 e. The van der Waals surface area contributed by atoms with Crippen LogP contribution in [0.1, 0.15) is 18.5 Å². The van der Waals surface area contributed by atoms with Crippen LogP contribution in [0.15, 0.2) is 55.0 Å². The van der Waals surface area contributed by atoms with Gasteiger partial charge in [-0.1, -0.05) is 12.1 Å². The van der Waals surface area contributed by atoms with E-state index in [4.69, 9.17) is 4.74 Å². The molecule has 0 spiro atoms. The van der Waals surface area contributed by atoms with Crippen LogP contribution < -0.4 is 10.6 Å². The molecule has 3 N–H and O–H groups in total. The first-order chi connectivity index (χ1) is 17.1. The van der Waals surface area contributed by atoms with E-state index in [1.807, 2.05) is 43.5 Å². The van der Waals surface area contributed by atoms with E-state index < -0.39 is 0 Å². The van der Waals surface area contributed by atoms with E-state index in [0.717, 1.165) is 77.4 Å². The van der Waals surface area contributed by atoms with Crippen molar-refractivity contribution in [2.45, 2.75) is 25.9 Å². The maximum absolute atomic E-state index is 12.2. The number of carbonyl (C=O) groups excluding carboxylic acids is 1. The molecule has 2 fully saturated rings. The molecule has 4 heterocycles. The van der Waals surface area contributed by atoms with Crippen LogP contribution in [-0.4, -0.2) is 51.6 Å². The number of nitrogens with zero attached hydrogens (tertiary/aromatic N) is 3. The fourth-order valence-electron chi connectivity index (χ4n) is 4.73. The third-order valence-electron chi connectivity index (χ3n) is 6.93. The summed E-state index contributed by atoms with van der Waals surface area (Å²) in [6.45, 7) is 4.37. The molecule has 0 unspecified atom stereocenters. The average Bonchev–Trinajstić information content (AvgIpc) is 3.30. The number of imidazole rings is 1. The van der Waals surface area contributed by atoms with Gasteiger partial charge < -0.3 is 20.4 Å². The molecule has 6 rings (SSSR count). The number of anilines is 1. The van der Waals surface area contributed by atoms with E-state index in [1.165, 1.54) is 0 Å². The van der Waals surface area contributed by atoms with Crippen LogP contribution in [0.2, 0.25) is 0 Å². The summed E-state index contributed by atoms with van der Waals surface area (Å²) in [7, 11) is 0. The third-order valence-corrected chi connectivity index (χ3v) is 6.93. The van der Waals surface area contributed by atoms with Crippen molar-refractivity contribution in [3.8, 4) is 22.6 Å². The summed E-state index contributed by atoms with van der Waals surface area (Å²) in [6, 6.07) is 14.3. The number of rotatable bonds is 7. The highest BCUT2D eigenvalue weighted by Gasteiger charge is 2.37. The molecule has 1 aliphatic heterocycles. The molecule has 1 saturated heterocycles. The number of carbonyl (C=O) groups is 1. The van der Waals surface area contributed by atoms with Crippen LogP contribution in [0.25, 0.3) is 33.5 Å². The minimum absolute atomic E-state index is 0.0359. The van der Waals surface area contributed by atoms with Gasteiger partial charge in [0.2, 0.25) is 0 Å². The first-order valence-electron chi connectivity index (χ1n) is 12.1. The monoisotopic (exact) mass is 468 g/mol. The van der Waals surface area contributed by atoms with Crippen LogP contribution >= 0.6 is 0 Å². The number of benzene rings is 1. The number of aromatic amines is 1. The van der Waals surface area contributed by atoms with Crippen molar-refractivity contribution in [2.75, 3.05) is 25.0 Å². The molecule has 1 aliphatic carbocycles. The van der Waals surface area contributed by atoms with E-state index in [-0.39, 0.29) is 18.0 Å². The predicted octanol–water partition coefficient (Wildman–Crippen LogP) is 3.95. The Bertz CT molecular complexity index is 1370. The lowest BCUT2D eigenvalue weighted by Gasteiger charge is -2.36. The molecular weight excluding hydrogens is 440 g/mol. The van der Waals surface area contributed by atoms with Crippen LogP contribution in [0, 0.1) is 18.8 Å². The lowest BCUT2D eigenvalue weighted by atomic mass is 9.75. The Morgan fingerprint density at radius 1 is 1.14 bits per heavy atom. The fraction of sp³-hybridized carbons (Fsp3) is 0.333. The molecule has 8 nitrogen and oxygen atoms in total.